The lowest BCUT2D eigenvalue weighted by Gasteiger charge is -2.13. The third-order valence-corrected chi connectivity index (χ3v) is 5.99. The van der Waals surface area contributed by atoms with E-state index in [1.54, 1.807) is 6.07 Å². The average Bonchev–Trinajstić information content (AvgIpc) is 2.73. The maximum atomic E-state index is 12.5. The predicted molar refractivity (Wildman–Crippen MR) is 125 cm³/mol. The summed E-state index contributed by atoms with van der Waals surface area (Å²) in [7, 11) is 0. The second-order valence-electron chi connectivity index (χ2n) is 6.95. The first-order chi connectivity index (χ1) is 14.4. The lowest BCUT2D eigenvalue weighted by Crippen LogP contribution is -2.22. The summed E-state index contributed by atoms with van der Waals surface area (Å²) in [5.74, 6) is -0.161. The molecule has 0 radical (unpaired) electrons. The van der Waals surface area contributed by atoms with E-state index in [4.69, 9.17) is 11.6 Å². The molecule has 3 rings (SSSR count). The first-order valence-corrected chi connectivity index (χ1v) is 10.8. The van der Waals surface area contributed by atoms with Crippen LogP contribution in [-0.4, -0.2) is 17.1 Å². The number of amides is 2. The van der Waals surface area contributed by atoms with Crippen LogP contribution in [0.3, 0.4) is 0 Å². The molecule has 0 aliphatic heterocycles. The molecule has 2 amide bonds. The van der Waals surface area contributed by atoms with Gasteiger partial charge in [0.2, 0.25) is 11.8 Å². The monoisotopic (exact) mass is 438 g/mol. The molecule has 3 aromatic rings. The van der Waals surface area contributed by atoms with E-state index in [1.807, 2.05) is 80.6 Å². The molecule has 3 aromatic carbocycles. The second-order valence-corrected chi connectivity index (χ2v) is 8.77. The number of hydrogen-bond donors (Lipinski definition) is 2. The van der Waals surface area contributed by atoms with Gasteiger partial charge in [-0.3, -0.25) is 9.59 Å². The molecule has 0 aliphatic carbocycles. The van der Waals surface area contributed by atoms with E-state index in [-0.39, 0.29) is 17.1 Å². The topological polar surface area (TPSA) is 58.2 Å². The standard InChI is InChI=1S/C24H23ClN2O2S/c1-16-8-9-20(15-22(16)25)27-24(29)17(2)30-21-12-10-19(11-13-21)26-23(28)14-18-6-4-3-5-7-18/h3-13,15,17H,14H2,1-2H3,(H,26,28)(H,27,29). The highest BCUT2D eigenvalue weighted by Gasteiger charge is 2.15. The van der Waals surface area contributed by atoms with Gasteiger partial charge in [-0.15, -0.1) is 11.8 Å². The van der Waals surface area contributed by atoms with Crippen molar-refractivity contribution >= 4 is 46.6 Å². The average molecular weight is 439 g/mol. The van der Waals surface area contributed by atoms with E-state index in [2.05, 4.69) is 10.6 Å². The van der Waals surface area contributed by atoms with Crippen molar-refractivity contribution < 1.29 is 9.59 Å². The van der Waals surface area contributed by atoms with Crippen LogP contribution in [-0.2, 0) is 16.0 Å². The van der Waals surface area contributed by atoms with Gasteiger partial charge >= 0.3 is 0 Å². The Morgan fingerprint density at radius 1 is 0.933 bits per heavy atom. The Morgan fingerprint density at radius 2 is 1.60 bits per heavy atom. The molecule has 1 unspecified atom stereocenters. The fourth-order valence-electron chi connectivity index (χ4n) is 2.78. The zero-order valence-electron chi connectivity index (χ0n) is 16.8. The predicted octanol–water partition coefficient (Wildman–Crippen LogP) is 5.95. The van der Waals surface area contributed by atoms with Crippen LogP contribution in [0.4, 0.5) is 11.4 Å². The quantitative estimate of drug-likeness (QED) is 0.448. The molecule has 1 atom stereocenters. The van der Waals surface area contributed by atoms with Crippen molar-refractivity contribution in [1.82, 2.24) is 0 Å². The molecule has 0 aromatic heterocycles. The lowest BCUT2D eigenvalue weighted by atomic mass is 10.1. The number of nitrogens with one attached hydrogen (secondary N) is 2. The minimum Gasteiger partial charge on any atom is -0.326 e. The highest BCUT2D eigenvalue weighted by Crippen LogP contribution is 2.26. The fourth-order valence-corrected chi connectivity index (χ4v) is 3.82. The van der Waals surface area contributed by atoms with Crippen molar-refractivity contribution in [3.05, 3.63) is 88.9 Å². The number of aryl methyl sites for hydroxylation is 1. The zero-order chi connectivity index (χ0) is 21.5. The second kappa shape index (κ2) is 10.3. The fraction of sp³-hybridized carbons (Fsp3) is 0.167. The molecule has 154 valence electrons. The Bertz CT molecular complexity index is 1020. The number of benzene rings is 3. The number of halogens is 1. The Labute approximate surface area is 186 Å². The van der Waals surface area contributed by atoms with Gasteiger partial charge in [-0.2, -0.15) is 0 Å². The van der Waals surface area contributed by atoms with Gasteiger partial charge in [0.1, 0.15) is 0 Å². The van der Waals surface area contributed by atoms with E-state index in [0.717, 1.165) is 21.7 Å². The minimum atomic E-state index is -0.288. The molecule has 0 heterocycles. The number of carbonyl (C=O) groups excluding carboxylic acids is 2. The van der Waals surface area contributed by atoms with Crippen LogP contribution >= 0.6 is 23.4 Å². The summed E-state index contributed by atoms with van der Waals surface area (Å²) in [6, 6.07) is 22.6. The third kappa shape index (κ3) is 6.37. The molecule has 0 aliphatic rings. The van der Waals surface area contributed by atoms with Gasteiger partial charge < -0.3 is 10.6 Å². The first-order valence-electron chi connectivity index (χ1n) is 9.58. The third-order valence-electron chi connectivity index (χ3n) is 4.47. The normalized spacial score (nSPS) is 11.6. The number of anilines is 2. The van der Waals surface area contributed by atoms with E-state index in [9.17, 15) is 9.59 Å². The van der Waals surface area contributed by atoms with Crippen molar-refractivity contribution in [1.29, 1.82) is 0 Å². The Kier molecular flexibility index (Phi) is 7.55. The number of hydrogen-bond acceptors (Lipinski definition) is 3. The lowest BCUT2D eigenvalue weighted by molar-refractivity contribution is -0.116. The molecule has 4 nitrogen and oxygen atoms in total. The summed E-state index contributed by atoms with van der Waals surface area (Å²) in [6.07, 6.45) is 0.331. The summed E-state index contributed by atoms with van der Waals surface area (Å²) in [6.45, 7) is 3.77. The molecule has 2 N–H and O–H groups in total. The maximum absolute atomic E-state index is 12.5. The van der Waals surface area contributed by atoms with E-state index >= 15 is 0 Å². The summed E-state index contributed by atoms with van der Waals surface area (Å²) in [4.78, 5) is 25.6. The van der Waals surface area contributed by atoms with Crippen LogP contribution in [0.15, 0.2) is 77.7 Å². The molecule has 0 saturated heterocycles. The van der Waals surface area contributed by atoms with Gasteiger partial charge in [0, 0.05) is 21.3 Å². The van der Waals surface area contributed by atoms with Crippen LogP contribution in [0, 0.1) is 6.92 Å². The van der Waals surface area contributed by atoms with Crippen molar-refractivity contribution in [3.8, 4) is 0 Å². The Hall–Kier alpha value is -2.76. The van der Waals surface area contributed by atoms with Crippen LogP contribution in [0.1, 0.15) is 18.1 Å². The molecular formula is C24H23ClN2O2S. The Morgan fingerprint density at radius 3 is 2.27 bits per heavy atom. The highest BCUT2D eigenvalue weighted by molar-refractivity contribution is 8.00. The molecule has 0 spiro atoms. The maximum Gasteiger partial charge on any atom is 0.237 e. The van der Waals surface area contributed by atoms with Gasteiger partial charge in [0.15, 0.2) is 0 Å². The van der Waals surface area contributed by atoms with Gasteiger partial charge in [-0.05, 0) is 61.4 Å². The van der Waals surface area contributed by atoms with E-state index in [0.29, 0.717) is 17.1 Å². The largest absolute Gasteiger partial charge is 0.326 e. The highest BCUT2D eigenvalue weighted by atomic mass is 35.5. The van der Waals surface area contributed by atoms with Gasteiger partial charge in [0.05, 0.1) is 11.7 Å². The summed E-state index contributed by atoms with van der Waals surface area (Å²) < 4.78 is 0. The molecule has 30 heavy (non-hydrogen) atoms. The Balaban J connectivity index is 1.52. The van der Waals surface area contributed by atoms with Crippen LogP contribution in [0.5, 0.6) is 0 Å². The SMILES string of the molecule is Cc1ccc(NC(=O)C(C)Sc2ccc(NC(=O)Cc3ccccc3)cc2)cc1Cl. The number of carbonyl (C=O) groups is 2. The molecular weight excluding hydrogens is 416 g/mol. The summed E-state index contributed by atoms with van der Waals surface area (Å²) in [5.41, 5.74) is 3.34. The van der Waals surface area contributed by atoms with Crippen LogP contribution < -0.4 is 10.6 Å². The van der Waals surface area contributed by atoms with E-state index in [1.165, 1.54) is 11.8 Å². The minimum absolute atomic E-state index is 0.0638. The molecule has 0 fully saturated rings. The van der Waals surface area contributed by atoms with Crippen molar-refractivity contribution in [3.63, 3.8) is 0 Å². The van der Waals surface area contributed by atoms with Crippen molar-refractivity contribution in [2.45, 2.75) is 30.4 Å². The molecule has 0 bridgehead atoms. The first kappa shape index (κ1) is 21.9. The molecule has 0 saturated carbocycles. The zero-order valence-corrected chi connectivity index (χ0v) is 18.4. The van der Waals surface area contributed by atoms with Gasteiger partial charge in [-0.1, -0.05) is 48.0 Å². The number of rotatable bonds is 7. The summed E-state index contributed by atoms with van der Waals surface area (Å²) >= 11 is 7.57. The molecule has 6 heteroatoms. The van der Waals surface area contributed by atoms with E-state index < -0.39 is 0 Å². The van der Waals surface area contributed by atoms with Crippen molar-refractivity contribution in [2.24, 2.45) is 0 Å². The smallest absolute Gasteiger partial charge is 0.237 e. The van der Waals surface area contributed by atoms with Crippen molar-refractivity contribution in [2.75, 3.05) is 10.6 Å². The van der Waals surface area contributed by atoms with Gasteiger partial charge in [-0.25, -0.2) is 0 Å². The van der Waals surface area contributed by atoms with Crippen LogP contribution in [0.2, 0.25) is 5.02 Å². The number of thioether (sulfide) groups is 1. The summed E-state index contributed by atoms with van der Waals surface area (Å²) in [5, 5.41) is 6.12. The van der Waals surface area contributed by atoms with Gasteiger partial charge in [0.25, 0.3) is 0 Å². The van der Waals surface area contributed by atoms with Crippen LogP contribution in [0.25, 0.3) is 0 Å².